The molecule has 1 aromatic rings. The Kier molecular flexibility index (Phi) is 4.29. The third-order valence-electron chi connectivity index (χ3n) is 5.28. The molecule has 0 N–H and O–H groups in total. The molecule has 0 bridgehead atoms. The Morgan fingerprint density at radius 2 is 2.13 bits per heavy atom. The fourth-order valence-corrected chi connectivity index (χ4v) is 4.64. The van der Waals surface area contributed by atoms with Crippen molar-refractivity contribution in [3.05, 3.63) is 51.1 Å². The number of carbonyl (C=O) groups excluding carboxylic acids is 1. The number of hydrogen-bond acceptors (Lipinski definition) is 3. The molecular formula is C19H21IO3. The Morgan fingerprint density at radius 1 is 1.39 bits per heavy atom. The lowest BCUT2D eigenvalue weighted by atomic mass is 9.63. The minimum atomic E-state index is -0.558. The van der Waals surface area contributed by atoms with E-state index in [0.717, 1.165) is 24.0 Å². The van der Waals surface area contributed by atoms with Crippen molar-refractivity contribution in [1.29, 1.82) is 0 Å². The first-order chi connectivity index (χ1) is 10.9. The van der Waals surface area contributed by atoms with E-state index in [1.807, 2.05) is 24.3 Å². The van der Waals surface area contributed by atoms with E-state index in [0.29, 0.717) is 13.0 Å². The number of benzene rings is 1. The van der Waals surface area contributed by atoms with E-state index in [1.54, 1.807) is 0 Å². The Labute approximate surface area is 150 Å². The lowest BCUT2D eigenvalue weighted by Gasteiger charge is -2.53. The molecule has 2 aliphatic rings. The molecule has 122 valence electrons. The molecule has 3 nitrogen and oxygen atoms in total. The van der Waals surface area contributed by atoms with Gasteiger partial charge < -0.3 is 9.47 Å². The first-order valence-corrected chi connectivity index (χ1v) is 8.91. The number of allylic oxidation sites excluding steroid dienone is 1. The second-order valence-corrected chi connectivity index (χ2v) is 7.72. The van der Waals surface area contributed by atoms with E-state index >= 15 is 0 Å². The van der Waals surface area contributed by atoms with Crippen LogP contribution in [0.5, 0.6) is 0 Å². The van der Waals surface area contributed by atoms with Crippen molar-refractivity contribution in [2.75, 3.05) is 6.61 Å². The Bertz CT molecular complexity index is 694. The Morgan fingerprint density at radius 3 is 2.87 bits per heavy atom. The quantitative estimate of drug-likeness (QED) is 0.489. The number of hydrogen-bond donors (Lipinski definition) is 0. The molecule has 0 saturated carbocycles. The minimum Gasteiger partial charge on any atom is -0.433 e. The van der Waals surface area contributed by atoms with E-state index in [9.17, 15) is 4.79 Å². The molecule has 1 aliphatic carbocycles. The molecule has 0 radical (unpaired) electrons. The highest BCUT2D eigenvalue weighted by molar-refractivity contribution is 14.1. The molecule has 1 heterocycles. The van der Waals surface area contributed by atoms with Gasteiger partial charge in [-0.2, -0.15) is 0 Å². The SMILES string of the molecule is C=Cc1ccccc1C[C@]12CCC(C)=C(I)[C@]1(C)COC(=O)O2. The molecule has 4 heteroatoms. The molecule has 1 saturated heterocycles. The summed E-state index contributed by atoms with van der Waals surface area (Å²) < 4.78 is 12.4. The second kappa shape index (κ2) is 5.96. The van der Waals surface area contributed by atoms with Crippen LogP contribution in [0.15, 0.2) is 40.0 Å². The second-order valence-electron chi connectivity index (χ2n) is 6.64. The highest BCUT2D eigenvalue weighted by atomic mass is 127. The average Bonchev–Trinajstić information content (AvgIpc) is 2.55. The largest absolute Gasteiger partial charge is 0.508 e. The molecule has 0 unspecified atom stereocenters. The lowest BCUT2D eigenvalue weighted by molar-refractivity contribution is -0.158. The van der Waals surface area contributed by atoms with Crippen LogP contribution in [0.2, 0.25) is 0 Å². The topological polar surface area (TPSA) is 35.5 Å². The van der Waals surface area contributed by atoms with Gasteiger partial charge in [0.15, 0.2) is 0 Å². The van der Waals surface area contributed by atoms with Crippen LogP contribution in [0.25, 0.3) is 6.08 Å². The molecule has 2 atom stereocenters. The van der Waals surface area contributed by atoms with Gasteiger partial charge >= 0.3 is 6.16 Å². The fourth-order valence-electron chi connectivity index (χ4n) is 3.72. The highest BCUT2D eigenvalue weighted by Crippen LogP contribution is 2.55. The zero-order valence-corrected chi connectivity index (χ0v) is 15.7. The van der Waals surface area contributed by atoms with Gasteiger partial charge in [0.25, 0.3) is 0 Å². The van der Waals surface area contributed by atoms with Crippen LogP contribution in [-0.2, 0) is 15.9 Å². The lowest BCUT2D eigenvalue weighted by Crippen LogP contribution is -2.59. The molecule has 3 rings (SSSR count). The predicted molar refractivity (Wildman–Crippen MR) is 99.5 cm³/mol. The van der Waals surface area contributed by atoms with Crippen LogP contribution >= 0.6 is 22.6 Å². The van der Waals surface area contributed by atoms with Gasteiger partial charge in [0.2, 0.25) is 0 Å². The van der Waals surface area contributed by atoms with Crippen molar-refractivity contribution in [2.24, 2.45) is 5.41 Å². The van der Waals surface area contributed by atoms with Gasteiger partial charge in [-0.15, -0.1) is 0 Å². The van der Waals surface area contributed by atoms with Gasteiger partial charge in [0, 0.05) is 10.0 Å². The van der Waals surface area contributed by atoms with Gasteiger partial charge in [-0.05, 0) is 60.4 Å². The standard InChI is InChI=1S/C19H21IO3/c1-4-14-7-5-6-8-15(14)11-19-10-9-13(2)16(20)18(19,3)12-22-17(21)23-19/h4-8H,1,9-12H2,2-3H3/t18-,19+/m0/s1. The van der Waals surface area contributed by atoms with Gasteiger partial charge in [-0.25, -0.2) is 4.79 Å². The number of cyclic esters (lactones) is 1. The summed E-state index contributed by atoms with van der Waals surface area (Å²) in [5.41, 5.74) is 2.75. The zero-order valence-electron chi connectivity index (χ0n) is 13.5. The normalized spacial score (nSPS) is 30.3. The third kappa shape index (κ3) is 2.61. The summed E-state index contributed by atoms with van der Waals surface area (Å²) >= 11 is 2.40. The van der Waals surface area contributed by atoms with E-state index in [-0.39, 0.29) is 5.41 Å². The molecule has 23 heavy (non-hydrogen) atoms. The van der Waals surface area contributed by atoms with Crippen LogP contribution in [0, 0.1) is 5.41 Å². The van der Waals surface area contributed by atoms with Crippen molar-refractivity contribution in [2.45, 2.75) is 38.7 Å². The first-order valence-electron chi connectivity index (χ1n) is 7.84. The summed E-state index contributed by atoms with van der Waals surface area (Å²) in [7, 11) is 0. The molecule has 0 aromatic heterocycles. The van der Waals surface area contributed by atoms with E-state index < -0.39 is 11.8 Å². The summed E-state index contributed by atoms with van der Waals surface area (Å²) in [5, 5.41) is 0. The van der Waals surface area contributed by atoms with E-state index in [1.165, 1.54) is 9.15 Å². The summed E-state index contributed by atoms with van der Waals surface area (Å²) in [5.74, 6) is 0. The van der Waals surface area contributed by atoms with Gasteiger partial charge in [0.05, 0.1) is 5.41 Å². The molecule has 1 fully saturated rings. The number of carbonyl (C=O) groups is 1. The van der Waals surface area contributed by atoms with Crippen molar-refractivity contribution in [1.82, 2.24) is 0 Å². The number of halogens is 1. The summed E-state index contributed by atoms with van der Waals surface area (Å²) in [4.78, 5) is 11.9. The van der Waals surface area contributed by atoms with Crippen molar-refractivity contribution in [3.8, 4) is 0 Å². The minimum absolute atomic E-state index is 0.307. The highest BCUT2D eigenvalue weighted by Gasteiger charge is 2.58. The van der Waals surface area contributed by atoms with Gasteiger partial charge in [-0.1, -0.05) is 42.5 Å². The predicted octanol–water partition coefficient (Wildman–Crippen LogP) is 5.29. The van der Waals surface area contributed by atoms with Crippen LogP contribution < -0.4 is 0 Å². The smallest absolute Gasteiger partial charge is 0.433 e. The zero-order chi connectivity index (χ0) is 16.7. The van der Waals surface area contributed by atoms with E-state index in [4.69, 9.17) is 9.47 Å². The Hall–Kier alpha value is -1.30. The maximum atomic E-state index is 11.9. The van der Waals surface area contributed by atoms with Crippen molar-refractivity contribution in [3.63, 3.8) is 0 Å². The van der Waals surface area contributed by atoms with Gasteiger partial charge in [0.1, 0.15) is 12.2 Å². The summed E-state index contributed by atoms with van der Waals surface area (Å²) in [6, 6.07) is 8.16. The van der Waals surface area contributed by atoms with E-state index in [2.05, 4.69) is 49.1 Å². The van der Waals surface area contributed by atoms with Crippen molar-refractivity contribution < 1.29 is 14.3 Å². The maximum absolute atomic E-state index is 11.9. The van der Waals surface area contributed by atoms with Crippen LogP contribution in [0.1, 0.15) is 37.8 Å². The molecule has 0 amide bonds. The maximum Gasteiger partial charge on any atom is 0.508 e. The molecule has 0 spiro atoms. The summed E-state index contributed by atoms with van der Waals surface area (Å²) in [6.07, 6.45) is 3.75. The Balaban J connectivity index is 2.08. The molecule has 1 aliphatic heterocycles. The molecule has 1 aromatic carbocycles. The van der Waals surface area contributed by atoms with Crippen LogP contribution in [0.3, 0.4) is 0 Å². The van der Waals surface area contributed by atoms with Crippen molar-refractivity contribution >= 4 is 34.8 Å². The number of fused-ring (bicyclic) bond motifs is 1. The third-order valence-corrected chi connectivity index (χ3v) is 7.39. The first kappa shape index (κ1) is 16.6. The van der Waals surface area contributed by atoms with Gasteiger partial charge in [-0.3, -0.25) is 0 Å². The number of ether oxygens (including phenoxy) is 2. The van der Waals surface area contributed by atoms with Crippen LogP contribution in [-0.4, -0.2) is 18.4 Å². The molecular weight excluding hydrogens is 403 g/mol. The fraction of sp³-hybridized carbons (Fsp3) is 0.421. The summed E-state index contributed by atoms with van der Waals surface area (Å²) in [6.45, 7) is 8.59. The average molecular weight is 424 g/mol. The monoisotopic (exact) mass is 424 g/mol. The number of rotatable bonds is 3. The van der Waals surface area contributed by atoms with Crippen LogP contribution in [0.4, 0.5) is 4.79 Å².